The first-order valence-electron chi connectivity index (χ1n) is 6.95. The fourth-order valence-corrected chi connectivity index (χ4v) is 2.08. The Balaban J connectivity index is 2.23. The van der Waals surface area contributed by atoms with Crippen LogP contribution in [0.5, 0.6) is 0 Å². The van der Waals surface area contributed by atoms with E-state index in [-0.39, 0.29) is 0 Å². The summed E-state index contributed by atoms with van der Waals surface area (Å²) in [5.41, 5.74) is 4.58. The summed E-state index contributed by atoms with van der Waals surface area (Å²) in [5, 5.41) is 3.12. The first-order chi connectivity index (χ1) is 9.65. The minimum absolute atomic E-state index is 0.728. The van der Waals surface area contributed by atoms with Crippen LogP contribution in [0.2, 0.25) is 0 Å². The van der Waals surface area contributed by atoms with E-state index in [9.17, 15) is 0 Å². The first-order valence-corrected chi connectivity index (χ1v) is 6.95. The molecule has 106 valence electrons. The third kappa shape index (κ3) is 3.14. The van der Waals surface area contributed by atoms with E-state index in [0.29, 0.717) is 0 Å². The smallest absolute Gasteiger partial charge is 0.229 e. The van der Waals surface area contributed by atoms with Gasteiger partial charge in [-0.1, -0.05) is 19.1 Å². The van der Waals surface area contributed by atoms with Crippen molar-refractivity contribution >= 4 is 11.6 Å². The molecule has 20 heavy (non-hydrogen) atoms. The highest BCUT2D eigenvalue weighted by Crippen LogP contribution is 2.21. The van der Waals surface area contributed by atoms with Crippen LogP contribution in [0.4, 0.5) is 11.6 Å². The fraction of sp³-hybridized carbons (Fsp3) is 0.375. The van der Waals surface area contributed by atoms with Gasteiger partial charge in [0.1, 0.15) is 0 Å². The van der Waals surface area contributed by atoms with E-state index >= 15 is 0 Å². The molecule has 1 heterocycles. The molecule has 0 bridgehead atoms. The summed E-state index contributed by atoms with van der Waals surface area (Å²) < 4.78 is 0. The number of rotatable bonds is 5. The van der Waals surface area contributed by atoms with Crippen molar-refractivity contribution in [1.29, 1.82) is 0 Å². The molecule has 0 spiro atoms. The van der Waals surface area contributed by atoms with Crippen LogP contribution in [0.25, 0.3) is 0 Å². The number of aromatic nitrogens is 2. The third-order valence-electron chi connectivity index (χ3n) is 3.47. The molecule has 1 N–H and O–H groups in total. The monoisotopic (exact) mass is 270 g/mol. The second-order valence-electron chi connectivity index (χ2n) is 4.89. The van der Waals surface area contributed by atoms with Crippen molar-refractivity contribution in [2.24, 2.45) is 0 Å². The average molecular weight is 270 g/mol. The Morgan fingerprint density at radius 1 is 1.20 bits per heavy atom. The maximum absolute atomic E-state index is 4.59. The molecular weight excluding hydrogens is 248 g/mol. The van der Waals surface area contributed by atoms with Gasteiger partial charge in [-0.05, 0) is 38.1 Å². The standard InChI is InChI=1S/C16H22N4/c1-5-13-6-8-15(9-7-13)20(4)16-18-11-14(10-17-3)12(2)19-16/h6-9,11,17H,5,10H2,1-4H3. The minimum Gasteiger partial charge on any atom is -0.316 e. The molecule has 0 aliphatic carbocycles. The van der Waals surface area contributed by atoms with E-state index in [1.807, 2.05) is 32.1 Å². The van der Waals surface area contributed by atoms with Gasteiger partial charge in [0, 0.05) is 36.7 Å². The van der Waals surface area contributed by atoms with Gasteiger partial charge >= 0.3 is 0 Å². The Morgan fingerprint density at radius 2 is 1.90 bits per heavy atom. The van der Waals surface area contributed by atoms with E-state index in [4.69, 9.17) is 0 Å². The SMILES string of the molecule is CCc1ccc(N(C)c2ncc(CNC)c(C)n2)cc1. The van der Waals surface area contributed by atoms with Gasteiger partial charge in [-0.15, -0.1) is 0 Å². The fourth-order valence-electron chi connectivity index (χ4n) is 2.08. The molecule has 0 aliphatic heterocycles. The van der Waals surface area contributed by atoms with Gasteiger partial charge in [0.25, 0.3) is 0 Å². The normalized spacial score (nSPS) is 10.6. The van der Waals surface area contributed by atoms with Gasteiger partial charge in [0.2, 0.25) is 5.95 Å². The van der Waals surface area contributed by atoms with Crippen LogP contribution in [0.3, 0.4) is 0 Å². The van der Waals surface area contributed by atoms with Crippen LogP contribution < -0.4 is 10.2 Å². The Labute approximate surface area is 120 Å². The van der Waals surface area contributed by atoms with Gasteiger partial charge in [-0.3, -0.25) is 0 Å². The summed E-state index contributed by atoms with van der Waals surface area (Å²) in [5.74, 6) is 0.728. The number of nitrogens with one attached hydrogen (secondary N) is 1. The number of hydrogen-bond acceptors (Lipinski definition) is 4. The lowest BCUT2D eigenvalue weighted by atomic mass is 10.1. The molecule has 1 aromatic carbocycles. The molecule has 4 nitrogen and oxygen atoms in total. The average Bonchev–Trinajstić information content (AvgIpc) is 2.49. The molecule has 0 radical (unpaired) electrons. The molecule has 1 aromatic heterocycles. The largest absolute Gasteiger partial charge is 0.316 e. The van der Waals surface area contributed by atoms with Crippen molar-refractivity contribution in [2.45, 2.75) is 26.8 Å². The third-order valence-corrected chi connectivity index (χ3v) is 3.47. The van der Waals surface area contributed by atoms with Gasteiger partial charge in [-0.25, -0.2) is 9.97 Å². The predicted molar refractivity (Wildman–Crippen MR) is 83.4 cm³/mol. The van der Waals surface area contributed by atoms with Gasteiger partial charge < -0.3 is 10.2 Å². The number of aryl methyl sites for hydroxylation is 2. The minimum atomic E-state index is 0.728. The Bertz CT molecular complexity index is 563. The Kier molecular flexibility index (Phi) is 4.69. The maximum Gasteiger partial charge on any atom is 0.229 e. The van der Waals surface area contributed by atoms with Gasteiger partial charge in [-0.2, -0.15) is 0 Å². The lowest BCUT2D eigenvalue weighted by molar-refractivity contribution is 0.795. The van der Waals surface area contributed by atoms with Gasteiger partial charge in [0.15, 0.2) is 0 Å². The van der Waals surface area contributed by atoms with Crippen molar-refractivity contribution in [3.8, 4) is 0 Å². The Hall–Kier alpha value is -1.94. The second-order valence-corrected chi connectivity index (χ2v) is 4.89. The van der Waals surface area contributed by atoms with Crippen molar-refractivity contribution in [1.82, 2.24) is 15.3 Å². The highest BCUT2D eigenvalue weighted by Gasteiger charge is 2.09. The topological polar surface area (TPSA) is 41.1 Å². The molecule has 2 aromatic rings. The summed E-state index contributed by atoms with van der Waals surface area (Å²) in [6.07, 6.45) is 2.95. The maximum atomic E-state index is 4.59. The molecule has 0 unspecified atom stereocenters. The number of benzene rings is 1. The van der Waals surface area contributed by atoms with E-state index < -0.39 is 0 Å². The Morgan fingerprint density at radius 3 is 2.45 bits per heavy atom. The van der Waals surface area contributed by atoms with E-state index in [1.54, 1.807) is 0 Å². The van der Waals surface area contributed by atoms with Crippen LogP contribution in [0.1, 0.15) is 23.7 Å². The molecular formula is C16H22N4. The van der Waals surface area contributed by atoms with Crippen molar-refractivity contribution < 1.29 is 0 Å². The van der Waals surface area contributed by atoms with Crippen molar-refractivity contribution in [3.63, 3.8) is 0 Å². The summed E-state index contributed by atoms with van der Waals surface area (Å²) >= 11 is 0. The summed E-state index contributed by atoms with van der Waals surface area (Å²) in [6.45, 7) is 4.97. The lowest BCUT2D eigenvalue weighted by Crippen LogP contribution is -2.15. The zero-order valence-corrected chi connectivity index (χ0v) is 12.6. The number of anilines is 2. The molecule has 0 saturated carbocycles. The number of hydrogen-bond donors (Lipinski definition) is 1. The lowest BCUT2D eigenvalue weighted by Gasteiger charge is -2.18. The molecule has 0 fully saturated rings. The van der Waals surface area contributed by atoms with Gasteiger partial charge in [0.05, 0.1) is 0 Å². The second kappa shape index (κ2) is 6.48. The van der Waals surface area contributed by atoms with Crippen LogP contribution in [-0.4, -0.2) is 24.1 Å². The highest BCUT2D eigenvalue weighted by molar-refractivity contribution is 5.56. The van der Waals surface area contributed by atoms with Crippen LogP contribution in [-0.2, 0) is 13.0 Å². The van der Waals surface area contributed by atoms with Crippen molar-refractivity contribution in [3.05, 3.63) is 47.3 Å². The first kappa shape index (κ1) is 14.5. The number of nitrogens with zero attached hydrogens (tertiary/aromatic N) is 3. The van der Waals surface area contributed by atoms with E-state index in [2.05, 4.69) is 46.5 Å². The summed E-state index contributed by atoms with van der Waals surface area (Å²) in [6, 6.07) is 8.51. The highest BCUT2D eigenvalue weighted by atomic mass is 15.2. The summed E-state index contributed by atoms with van der Waals surface area (Å²) in [4.78, 5) is 11.0. The van der Waals surface area contributed by atoms with Crippen LogP contribution >= 0.6 is 0 Å². The molecule has 0 aliphatic rings. The zero-order chi connectivity index (χ0) is 14.5. The zero-order valence-electron chi connectivity index (χ0n) is 12.6. The van der Waals surface area contributed by atoms with Crippen LogP contribution in [0, 0.1) is 6.92 Å². The van der Waals surface area contributed by atoms with Crippen LogP contribution in [0.15, 0.2) is 30.5 Å². The van der Waals surface area contributed by atoms with E-state index in [0.717, 1.165) is 35.9 Å². The van der Waals surface area contributed by atoms with Crippen molar-refractivity contribution in [2.75, 3.05) is 19.0 Å². The molecule has 4 heteroatoms. The molecule has 0 atom stereocenters. The summed E-state index contributed by atoms with van der Waals surface area (Å²) in [7, 11) is 3.92. The quantitative estimate of drug-likeness (QED) is 0.907. The molecule has 0 saturated heterocycles. The predicted octanol–water partition coefficient (Wildman–Crippen LogP) is 2.83. The molecule has 2 rings (SSSR count). The van der Waals surface area contributed by atoms with E-state index in [1.165, 1.54) is 5.56 Å². The molecule has 0 amide bonds.